The Morgan fingerprint density at radius 3 is 2.25 bits per heavy atom. The molecule has 0 radical (unpaired) electrons. The van der Waals surface area contributed by atoms with Gasteiger partial charge in [-0.15, -0.1) is 0 Å². The molecule has 2 atom stereocenters. The van der Waals surface area contributed by atoms with Crippen LogP contribution in [0.2, 0.25) is 0 Å². The van der Waals surface area contributed by atoms with E-state index in [2.05, 4.69) is 13.0 Å². The van der Waals surface area contributed by atoms with Crippen LogP contribution in [-0.2, 0) is 4.74 Å². The van der Waals surface area contributed by atoms with Crippen LogP contribution in [0.1, 0.15) is 57.4 Å². The van der Waals surface area contributed by atoms with Gasteiger partial charge in [-0.2, -0.15) is 4.39 Å². The fourth-order valence-corrected chi connectivity index (χ4v) is 4.65. The summed E-state index contributed by atoms with van der Waals surface area (Å²) in [7, 11) is 0. The van der Waals surface area contributed by atoms with Crippen molar-refractivity contribution < 1.29 is 22.6 Å². The third-order valence-corrected chi connectivity index (χ3v) is 6.74. The van der Waals surface area contributed by atoms with Gasteiger partial charge in [-0.05, 0) is 61.1 Å². The third kappa shape index (κ3) is 6.01. The van der Waals surface area contributed by atoms with Crippen molar-refractivity contribution >= 4 is 0 Å². The molecule has 4 rings (SSSR count). The van der Waals surface area contributed by atoms with Crippen LogP contribution in [0.4, 0.5) is 13.2 Å². The van der Waals surface area contributed by atoms with Crippen LogP contribution in [0.15, 0.2) is 66.7 Å². The van der Waals surface area contributed by atoms with Crippen LogP contribution >= 0.6 is 0 Å². The maximum atomic E-state index is 15.0. The zero-order valence-corrected chi connectivity index (χ0v) is 20.9. The molecule has 0 amide bonds. The normalized spacial score (nSPS) is 18.0. The molecule has 1 heterocycles. The third-order valence-electron chi connectivity index (χ3n) is 6.74. The lowest BCUT2D eigenvalue weighted by Gasteiger charge is -2.28. The SMILES string of the molecule is CC=CC1CCC(c2ccc(-c3ccc(-c4ccc(OCCCCC)c(F)c4F)cc3)c(F)c2)CO1. The van der Waals surface area contributed by atoms with Crippen molar-refractivity contribution in [2.45, 2.75) is 58.0 Å². The van der Waals surface area contributed by atoms with E-state index in [-0.39, 0.29) is 29.2 Å². The van der Waals surface area contributed by atoms with Crippen molar-refractivity contribution in [2.24, 2.45) is 0 Å². The van der Waals surface area contributed by atoms with Crippen LogP contribution in [-0.4, -0.2) is 19.3 Å². The molecule has 0 aromatic heterocycles. The highest BCUT2D eigenvalue weighted by Crippen LogP contribution is 2.34. The second kappa shape index (κ2) is 12.3. The zero-order valence-electron chi connectivity index (χ0n) is 20.9. The Hall–Kier alpha value is -3.05. The van der Waals surface area contributed by atoms with E-state index >= 15 is 4.39 Å². The number of ether oxygens (including phenoxy) is 2. The highest BCUT2D eigenvalue weighted by Gasteiger charge is 2.22. The predicted molar refractivity (Wildman–Crippen MR) is 139 cm³/mol. The molecule has 1 aliphatic heterocycles. The van der Waals surface area contributed by atoms with Crippen molar-refractivity contribution in [2.75, 3.05) is 13.2 Å². The standard InChI is InChI=1S/C31H33F3O2/c1-3-5-6-18-35-29-17-16-27(30(33)31(29)34)22-10-8-21(9-11-22)26-15-13-23(19-28(26)32)24-12-14-25(7-4-2)36-20-24/h4,7-11,13,15-17,19,24-25H,3,5-6,12,14,18,20H2,1-2H3. The number of rotatable bonds is 9. The minimum absolute atomic E-state index is 0.0770. The van der Waals surface area contributed by atoms with Gasteiger partial charge in [0.05, 0.1) is 19.3 Å². The molecule has 3 aromatic rings. The largest absolute Gasteiger partial charge is 0.490 e. The molecule has 0 bridgehead atoms. The smallest absolute Gasteiger partial charge is 0.201 e. The second-order valence-corrected chi connectivity index (χ2v) is 9.28. The topological polar surface area (TPSA) is 18.5 Å². The molecule has 2 unspecified atom stereocenters. The molecule has 5 heteroatoms. The Morgan fingerprint density at radius 1 is 0.889 bits per heavy atom. The van der Waals surface area contributed by atoms with Gasteiger partial charge in [-0.3, -0.25) is 0 Å². The van der Waals surface area contributed by atoms with E-state index in [0.717, 1.165) is 37.7 Å². The van der Waals surface area contributed by atoms with Crippen LogP contribution in [0.3, 0.4) is 0 Å². The maximum Gasteiger partial charge on any atom is 0.201 e. The number of halogens is 3. The summed E-state index contributed by atoms with van der Waals surface area (Å²) in [6, 6.07) is 15.1. The van der Waals surface area contributed by atoms with Gasteiger partial charge < -0.3 is 9.47 Å². The molecule has 0 N–H and O–H groups in total. The van der Waals surface area contributed by atoms with E-state index in [1.807, 2.05) is 19.1 Å². The molecular weight excluding hydrogens is 461 g/mol. The van der Waals surface area contributed by atoms with Gasteiger partial charge in [0.25, 0.3) is 0 Å². The van der Waals surface area contributed by atoms with Crippen molar-refractivity contribution in [3.8, 4) is 28.0 Å². The lowest BCUT2D eigenvalue weighted by molar-refractivity contribution is 0.0326. The molecule has 3 aromatic carbocycles. The zero-order chi connectivity index (χ0) is 25.5. The number of hydrogen-bond acceptors (Lipinski definition) is 2. The van der Waals surface area contributed by atoms with Gasteiger partial charge in [-0.1, -0.05) is 68.3 Å². The fourth-order valence-electron chi connectivity index (χ4n) is 4.65. The molecule has 2 nitrogen and oxygen atoms in total. The molecule has 190 valence electrons. The summed E-state index contributed by atoms with van der Waals surface area (Å²) in [6.45, 7) is 4.98. The Balaban J connectivity index is 1.46. The van der Waals surface area contributed by atoms with Crippen LogP contribution in [0.5, 0.6) is 5.75 Å². The number of unbranched alkanes of at least 4 members (excludes halogenated alkanes) is 2. The number of hydrogen-bond donors (Lipinski definition) is 0. The average molecular weight is 495 g/mol. The van der Waals surface area contributed by atoms with E-state index in [1.165, 1.54) is 12.1 Å². The molecule has 0 saturated carbocycles. The predicted octanol–water partition coefficient (Wildman–Crippen LogP) is 8.85. The molecule has 1 aliphatic rings. The lowest BCUT2D eigenvalue weighted by Crippen LogP contribution is -2.23. The average Bonchev–Trinajstić information content (AvgIpc) is 2.90. The van der Waals surface area contributed by atoms with Gasteiger partial charge in [0.15, 0.2) is 11.6 Å². The van der Waals surface area contributed by atoms with E-state index < -0.39 is 11.6 Å². The molecule has 1 saturated heterocycles. The number of allylic oxidation sites excluding steroid dienone is 1. The summed E-state index contributed by atoms with van der Waals surface area (Å²) >= 11 is 0. The Bertz CT molecular complexity index is 1180. The van der Waals surface area contributed by atoms with Crippen molar-refractivity contribution in [3.05, 3.63) is 89.8 Å². The molecule has 1 fully saturated rings. The quantitative estimate of drug-likeness (QED) is 0.218. The monoisotopic (exact) mass is 494 g/mol. The molecular formula is C31H33F3O2. The fraction of sp³-hybridized carbons (Fsp3) is 0.355. The minimum atomic E-state index is -0.988. The van der Waals surface area contributed by atoms with Gasteiger partial charge in [0, 0.05) is 17.0 Å². The first kappa shape index (κ1) is 26.0. The van der Waals surface area contributed by atoms with Gasteiger partial charge in [0.1, 0.15) is 5.82 Å². The van der Waals surface area contributed by atoms with Gasteiger partial charge in [0.2, 0.25) is 5.82 Å². The Morgan fingerprint density at radius 2 is 1.61 bits per heavy atom. The van der Waals surface area contributed by atoms with E-state index in [0.29, 0.717) is 29.9 Å². The first-order valence-corrected chi connectivity index (χ1v) is 12.8. The maximum absolute atomic E-state index is 15.0. The van der Waals surface area contributed by atoms with Gasteiger partial charge >= 0.3 is 0 Å². The summed E-state index contributed by atoms with van der Waals surface area (Å²) in [5.74, 6) is -2.14. The first-order valence-electron chi connectivity index (χ1n) is 12.8. The van der Waals surface area contributed by atoms with E-state index in [4.69, 9.17) is 9.47 Å². The van der Waals surface area contributed by atoms with Crippen molar-refractivity contribution in [3.63, 3.8) is 0 Å². The van der Waals surface area contributed by atoms with E-state index in [9.17, 15) is 8.78 Å². The number of benzene rings is 3. The van der Waals surface area contributed by atoms with Crippen LogP contribution in [0, 0.1) is 17.5 Å². The van der Waals surface area contributed by atoms with Gasteiger partial charge in [-0.25, -0.2) is 8.78 Å². The molecule has 0 spiro atoms. The molecule has 0 aliphatic carbocycles. The Labute approximate surface area is 211 Å². The summed E-state index contributed by atoms with van der Waals surface area (Å²) < 4.78 is 55.6. The molecule has 36 heavy (non-hydrogen) atoms. The van der Waals surface area contributed by atoms with Crippen LogP contribution in [0.25, 0.3) is 22.3 Å². The van der Waals surface area contributed by atoms with Crippen LogP contribution < -0.4 is 4.74 Å². The minimum Gasteiger partial charge on any atom is -0.490 e. The summed E-state index contributed by atoms with van der Waals surface area (Å²) in [5, 5.41) is 0. The highest BCUT2D eigenvalue weighted by molar-refractivity contribution is 5.71. The summed E-state index contributed by atoms with van der Waals surface area (Å²) in [6.07, 6.45) is 8.86. The van der Waals surface area contributed by atoms with Crippen molar-refractivity contribution in [1.29, 1.82) is 0 Å². The lowest BCUT2D eigenvalue weighted by atomic mass is 9.89. The second-order valence-electron chi connectivity index (χ2n) is 9.28. The van der Waals surface area contributed by atoms with Crippen molar-refractivity contribution in [1.82, 2.24) is 0 Å². The van der Waals surface area contributed by atoms with E-state index in [1.54, 1.807) is 36.4 Å². The summed E-state index contributed by atoms with van der Waals surface area (Å²) in [5.41, 5.74) is 2.73. The summed E-state index contributed by atoms with van der Waals surface area (Å²) in [4.78, 5) is 0. The first-order chi connectivity index (χ1) is 17.5. The highest BCUT2D eigenvalue weighted by atomic mass is 19.2. The Kier molecular flexibility index (Phi) is 8.87.